The topological polar surface area (TPSA) is 75.6 Å². The summed E-state index contributed by atoms with van der Waals surface area (Å²) in [7, 11) is 0. The van der Waals surface area contributed by atoms with E-state index in [1.807, 2.05) is 0 Å². The standard InChI is InChI=1S/C16H14FNO4/c17-13-7-3-1-5-11(13)9-18-15(19)10-22-14-8-4-2-6-12(14)16(20)21/h1-8H,9-10H2,(H,18,19)(H,20,21). The Bertz CT molecular complexity index is 687. The van der Waals surface area contributed by atoms with Crippen LogP contribution < -0.4 is 10.1 Å². The molecule has 0 atom stereocenters. The van der Waals surface area contributed by atoms with E-state index in [9.17, 15) is 14.0 Å². The van der Waals surface area contributed by atoms with Crippen molar-refractivity contribution in [3.63, 3.8) is 0 Å². The molecule has 0 aliphatic rings. The predicted molar refractivity (Wildman–Crippen MR) is 77.1 cm³/mol. The number of carboxylic acids is 1. The molecule has 22 heavy (non-hydrogen) atoms. The van der Waals surface area contributed by atoms with Crippen molar-refractivity contribution in [2.75, 3.05) is 6.61 Å². The summed E-state index contributed by atoms with van der Waals surface area (Å²) in [6.45, 7) is -0.311. The van der Waals surface area contributed by atoms with Crippen LogP contribution in [0.25, 0.3) is 0 Å². The first-order valence-corrected chi connectivity index (χ1v) is 6.53. The van der Waals surface area contributed by atoms with Gasteiger partial charge in [-0.05, 0) is 18.2 Å². The van der Waals surface area contributed by atoms with E-state index < -0.39 is 17.7 Å². The number of carboxylic acid groups (broad SMARTS) is 1. The third kappa shape index (κ3) is 4.05. The summed E-state index contributed by atoms with van der Waals surface area (Å²) >= 11 is 0. The normalized spacial score (nSPS) is 10.0. The Hall–Kier alpha value is -2.89. The van der Waals surface area contributed by atoms with Crippen LogP contribution in [-0.2, 0) is 11.3 Å². The zero-order chi connectivity index (χ0) is 15.9. The summed E-state index contributed by atoms with van der Waals surface area (Å²) in [5, 5.41) is 11.5. The molecule has 0 aliphatic heterocycles. The van der Waals surface area contributed by atoms with Gasteiger partial charge in [-0.25, -0.2) is 9.18 Å². The van der Waals surface area contributed by atoms with Crippen LogP contribution in [0.3, 0.4) is 0 Å². The highest BCUT2D eigenvalue weighted by molar-refractivity contribution is 5.91. The highest BCUT2D eigenvalue weighted by Crippen LogP contribution is 2.17. The molecule has 0 fully saturated rings. The van der Waals surface area contributed by atoms with Crippen LogP contribution in [0.1, 0.15) is 15.9 Å². The van der Waals surface area contributed by atoms with Crippen LogP contribution in [0.4, 0.5) is 4.39 Å². The number of amides is 1. The fraction of sp³-hybridized carbons (Fsp3) is 0.125. The second-order valence-corrected chi connectivity index (χ2v) is 4.46. The van der Waals surface area contributed by atoms with Crippen LogP contribution in [0, 0.1) is 5.82 Å². The van der Waals surface area contributed by atoms with Gasteiger partial charge in [0.25, 0.3) is 5.91 Å². The van der Waals surface area contributed by atoms with E-state index in [0.717, 1.165) is 0 Å². The number of halogens is 1. The highest BCUT2D eigenvalue weighted by atomic mass is 19.1. The molecule has 114 valence electrons. The Balaban J connectivity index is 1.89. The Morgan fingerprint density at radius 2 is 1.77 bits per heavy atom. The molecule has 1 amide bonds. The fourth-order valence-electron chi connectivity index (χ4n) is 1.80. The van der Waals surface area contributed by atoms with Gasteiger partial charge in [-0.1, -0.05) is 30.3 Å². The number of hydrogen-bond donors (Lipinski definition) is 2. The van der Waals surface area contributed by atoms with Crippen molar-refractivity contribution >= 4 is 11.9 Å². The van der Waals surface area contributed by atoms with Crippen LogP contribution in [-0.4, -0.2) is 23.6 Å². The summed E-state index contributed by atoms with van der Waals surface area (Å²) in [6, 6.07) is 12.1. The Morgan fingerprint density at radius 3 is 2.50 bits per heavy atom. The maximum absolute atomic E-state index is 13.4. The first-order chi connectivity index (χ1) is 10.6. The van der Waals surface area contributed by atoms with Crippen molar-refractivity contribution in [1.29, 1.82) is 0 Å². The number of aromatic carboxylic acids is 1. The lowest BCUT2D eigenvalue weighted by molar-refractivity contribution is -0.123. The van der Waals surface area contributed by atoms with E-state index in [1.54, 1.807) is 30.3 Å². The predicted octanol–water partition coefficient (Wildman–Crippen LogP) is 2.22. The maximum Gasteiger partial charge on any atom is 0.339 e. The average molecular weight is 303 g/mol. The van der Waals surface area contributed by atoms with Gasteiger partial charge in [0.1, 0.15) is 17.1 Å². The van der Waals surface area contributed by atoms with Crippen LogP contribution in [0.5, 0.6) is 5.75 Å². The molecule has 5 nitrogen and oxygen atoms in total. The number of hydrogen-bond acceptors (Lipinski definition) is 3. The number of rotatable bonds is 6. The Kier molecular flexibility index (Phi) is 5.08. The van der Waals surface area contributed by atoms with Crippen LogP contribution in [0.15, 0.2) is 48.5 Å². The molecule has 0 radical (unpaired) electrons. The van der Waals surface area contributed by atoms with Crippen molar-refractivity contribution in [2.24, 2.45) is 0 Å². The first kappa shape index (κ1) is 15.5. The quantitative estimate of drug-likeness (QED) is 0.858. The molecule has 2 aromatic rings. The number of para-hydroxylation sites is 1. The zero-order valence-corrected chi connectivity index (χ0v) is 11.6. The number of ether oxygens (including phenoxy) is 1. The number of nitrogens with one attached hydrogen (secondary N) is 1. The minimum absolute atomic E-state index is 0.0237. The van der Waals surface area contributed by atoms with Crippen molar-refractivity contribution in [1.82, 2.24) is 5.32 Å². The average Bonchev–Trinajstić information content (AvgIpc) is 2.52. The van der Waals surface area contributed by atoms with Gasteiger partial charge >= 0.3 is 5.97 Å². The van der Waals surface area contributed by atoms with Gasteiger partial charge in [-0.15, -0.1) is 0 Å². The van der Waals surface area contributed by atoms with Crippen LogP contribution in [0.2, 0.25) is 0 Å². The number of carbonyl (C=O) groups excluding carboxylic acids is 1. The maximum atomic E-state index is 13.4. The lowest BCUT2D eigenvalue weighted by atomic mass is 10.2. The van der Waals surface area contributed by atoms with Crippen molar-refractivity contribution in [3.8, 4) is 5.75 Å². The van der Waals surface area contributed by atoms with E-state index in [4.69, 9.17) is 9.84 Å². The van der Waals surface area contributed by atoms with Crippen molar-refractivity contribution in [2.45, 2.75) is 6.54 Å². The fourth-order valence-corrected chi connectivity index (χ4v) is 1.80. The molecule has 0 unspecified atom stereocenters. The van der Waals surface area contributed by atoms with Gasteiger partial charge in [0.2, 0.25) is 0 Å². The molecular weight excluding hydrogens is 289 g/mol. The molecule has 2 aromatic carbocycles. The van der Waals surface area contributed by atoms with Crippen molar-refractivity contribution in [3.05, 3.63) is 65.5 Å². The minimum Gasteiger partial charge on any atom is -0.483 e. The molecule has 0 heterocycles. The lowest BCUT2D eigenvalue weighted by Gasteiger charge is -2.09. The molecular formula is C16H14FNO4. The summed E-state index contributed by atoms with van der Waals surface area (Å²) in [6.07, 6.45) is 0. The molecule has 0 saturated carbocycles. The van der Waals surface area contributed by atoms with Gasteiger partial charge in [0.15, 0.2) is 6.61 Å². The van der Waals surface area contributed by atoms with E-state index in [2.05, 4.69) is 5.32 Å². The lowest BCUT2D eigenvalue weighted by Crippen LogP contribution is -2.29. The zero-order valence-electron chi connectivity index (χ0n) is 11.6. The van der Waals surface area contributed by atoms with E-state index in [1.165, 1.54) is 18.2 Å². The van der Waals surface area contributed by atoms with Gasteiger partial charge in [-0.2, -0.15) is 0 Å². The Labute approximate surface area is 126 Å². The summed E-state index contributed by atoms with van der Waals surface area (Å²) in [5.74, 6) is -1.90. The second kappa shape index (κ2) is 7.21. The van der Waals surface area contributed by atoms with Crippen LogP contribution >= 0.6 is 0 Å². The third-order valence-electron chi connectivity index (χ3n) is 2.91. The number of carbonyl (C=O) groups is 2. The van der Waals surface area contributed by atoms with Gasteiger partial charge in [0.05, 0.1) is 0 Å². The molecule has 0 aliphatic carbocycles. The molecule has 0 saturated heterocycles. The van der Waals surface area contributed by atoms with E-state index >= 15 is 0 Å². The van der Waals surface area contributed by atoms with Gasteiger partial charge in [-0.3, -0.25) is 4.79 Å². The summed E-state index contributed by atoms with van der Waals surface area (Å²) in [5.41, 5.74) is 0.339. The largest absolute Gasteiger partial charge is 0.483 e. The monoisotopic (exact) mass is 303 g/mol. The van der Waals surface area contributed by atoms with E-state index in [-0.39, 0.29) is 24.5 Å². The molecule has 6 heteroatoms. The summed E-state index contributed by atoms with van der Waals surface area (Å²) in [4.78, 5) is 22.7. The highest BCUT2D eigenvalue weighted by Gasteiger charge is 2.12. The molecule has 0 spiro atoms. The molecule has 2 N–H and O–H groups in total. The summed E-state index contributed by atoms with van der Waals surface area (Å²) < 4.78 is 18.6. The molecule has 0 aromatic heterocycles. The second-order valence-electron chi connectivity index (χ2n) is 4.46. The van der Waals surface area contributed by atoms with Crippen molar-refractivity contribution < 1.29 is 23.8 Å². The van der Waals surface area contributed by atoms with Gasteiger partial charge in [0, 0.05) is 12.1 Å². The Morgan fingerprint density at radius 1 is 1.09 bits per heavy atom. The minimum atomic E-state index is -1.14. The molecule has 2 rings (SSSR count). The first-order valence-electron chi connectivity index (χ1n) is 6.53. The third-order valence-corrected chi connectivity index (χ3v) is 2.91. The smallest absolute Gasteiger partial charge is 0.339 e. The van der Waals surface area contributed by atoms with Gasteiger partial charge < -0.3 is 15.2 Å². The molecule has 0 bridgehead atoms. The van der Waals surface area contributed by atoms with E-state index in [0.29, 0.717) is 5.56 Å². The SMILES string of the molecule is O=C(COc1ccccc1C(=O)O)NCc1ccccc1F. The number of benzene rings is 2.